The predicted octanol–water partition coefficient (Wildman–Crippen LogP) is 6.63. The Morgan fingerprint density at radius 1 is 0.471 bits per heavy atom. The van der Waals surface area contributed by atoms with Gasteiger partial charge in [0, 0.05) is 35.8 Å². The summed E-state index contributed by atoms with van der Waals surface area (Å²) in [4.78, 5) is 17.1. The van der Waals surface area contributed by atoms with E-state index in [1.165, 1.54) is 0 Å². The van der Waals surface area contributed by atoms with Crippen molar-refractivity contribution < 1.29 is 69.4 Å². The van der Waals surface area contributed by atoms with E-state index in [9.17, 15) is 26.3 Å². The van der Waals surface area contributed by atoms with Crippen LogP contribution in [0.3, 0.4) is 0 Å². The Hall–Kier alpha value is -4.23. The minimum atomic E-state index is -6.09. The van der Waals surface area contributed by atoms with Gasteiger partial charge in [0.25, 0.3) is 0 Å². The number of fused-ring (bicyclic) bond motifs is 3. The number of nitrogens with zero attached hydrogens (tertiary/aromatic N) is 4. The van der Waals surface area contributed by atoms with Gasteiger partial charge >= 0.3 is 28.1 Å². The van der Waals surface area contributed by atoms with E-state index >= 15 is 0 Å². The average Bonchev–Trinajstić information content (AvgIpc) is 3.03. The molecule has 3 aromatic carbocycles. The Morgan fingerprint density at radius 2 is 0.706 bits per heavy atom. The van der Waals surface area contributed by atoms with E-state index in [0.29, 0.717) is 19.6 Å². The molecule has 6 rings (SSSR count). The molecule has 19 heteroatoms. The van der Waals surface area contributed by atoms with Gasteiger partial charge in [-0.05, 0) is 36.4 Å². The van der Waals surface area contributed by atoms with Crippen LogP contribution in [0.15, 0.2) is 109 Å². The van der Waals surface area contributed by atoms with Crippen molar-refractivity contribution in [1.82, 2.24) is 19.9 Å². The van der Waals surface area contributed by atoms with E-state index in [4.69, 9.17) is 40.9 Å². The third-order valence-corrected chi connectivity index (χ3v) is 7.83. The van der Waals surface area contributed by atoms with Crippen LogP contribution in [0.2, 0.25) is 0 Å². The Morgan fingerprint density at radius 3 is 0.941 bits per heavy atom. The number of hydrogen-bond donors (Lipinski definition) is 0. The summed E-state index contributed by atoms with van der Waals surface area (Å²) in [6, 6.07) is 37.6. The molecular formula is C32H24F6FeN4O6S2+. The molecule has 0 fully saturated rings. The quantitative estimate of drug-likeness (QED) is 0.0776. The number of hydrogen-bond acceptors (Lipinski definition) is 10. The fourth-order valence-electron chi connectivity index (χ4n) is 4.44. The van der Waals surface area contributed by atoms with Crippen LogP contribution in [-0.2, 0) is 56.9 Å². The molecule has 0 aliphatic heterocycles. The van der Waals surface area contributed by atoms with Crippen LogP contribution in [0.4, 0.5) is 26.3 Å². The van der Waals surface area contributed by atoms with Crippen LogP contribution in [0.25, 0.3) is 32.7 Å². The monoisotopic (exact) mass is 794 g/mol. The number of alkyl halides is 6. The van der Waals surface area contributed by atoms with Crippen molar-refractivity contribution in [3.8, 4) is 0 Å². The van der Waals surface area contributed by atoms with E-state index in [2.05, 4.69) is 77.7 Å². The average molecular weight is 795 g/mol. The van der Waals surface area contributed by atoms with Gasteiger partial charge in [-0.15, -0.1) is 0 Å². The van der Waals surface area contributed by atoms with Gasteiger partial charge < -0.3 is 9.11 Å². The first-order valence-corrected chi connectivity index (χ1v) is 16.9. The Labute approximate surface area is 298 Å². The fraction of sp³-hybridized carbons (Fsp3) is 0.156. The number of halogens is 6. The van der Waals surface area contributed by atoms with Crippen LogP contribution in [0, 0.1) is 0 Å². The van der Waals surface area contributed by atoms with E-state index in [1.54, 1.807) is 0 Å². The van der Waals surface area contributed by atoms with Crippen molar-refractivity contribution >= 4 is 52.9 Å². The zero-order valence-electron chi connectivity index (χ0n) is 25.7. The molecule has 6 aromatic rings. The molecule has 10 nitrogen and oxygen atoms in total. The minimum absolute atomic E-state index is 0. The predicted molar refractivity (Wildman–Crippen MR) is 170 cm³/mol. The summed E-state index contributed by atoms with van der Waals surface area (Å²) < 4.78 is 118. The summed E-state index contributed by atoms with van der Waals surface area (Å²) in [7, 11) is -12.2. The first kappa shape index (κ1) is 41.2. The Bertz CT molecular complexity index is 2090. The SMILES string of the molecule is O=S(=O)([O-])C(F)(F)F.O=S(=O)([O-])C(F)(F)F.[Fe+3].c1ccc2nc(CN(Cc3ccc4ccccc4n3)Cc3ccc4ccccc4n3)ccc2c1. The Kier molecular flexibility index (Phi) is 13.6. The van der Waals surface area contributed by atoms with Crippen LogP contribution in [0.5, 0.6) is 0 Å². The molecule has 0 atom stereocenters. The second kappa shape index (κ2) is 16.9. The third-order valence-electron chi connectivity index (χ3n) is 6.69. The molecule has 3 aromatic heterocycles. The number of pyridine rings is 3. The molecular weight excluding hydrogens is 770 g/mol. The normalized spacial score (nSPS) is 12.1. The molecule has 0 saturated heterocycles. The molecule has 0 amide bonds. The van der Waals surface area contributed by atoms with Crippen LogP contribution < -0.4 is 0 Å². The first-order valence-electron chi connectivity index (χ1n) is 14.1. The van der Waals surface area contributed by atoms with Crippen molar-refractivity contribution in [2.75, 3.05) is 0 Å². The molecule has 0 aliphatic rings. The fourth-order valence-corrected chi connectivity index (χ4v) is 4.44. The summed E-state index contributed by atoms with van der Waals surface area (Å²) in [5.41, 5.74) is -5.10. The molecule has 0 unspecified atom stereocenters. The van der Waals surface area contributed by atoms with Gasteiger partial charge in [-0.3, -0.25) is 19.9 Å². The maximum absolute atomic E-state index is 10.7. The van der Waals surface area contributed by atoms with Gasteiger partial charge in [0.1, 0.15) is 0 Å². The van der Waals surface area contributed by atoms with Crippen molar-refractivity contribution in [3.05, 3.63) is 126 Å². The largest absolute Gasteiger partial charge is 3.00 e. The van der Waals surface area contributed by atoms with Gasteiger partial charge in [-0.1, -0.05) is 72.8 Å². The molecule has 3 heterocycles. The number of benzene rings is 3. The molecule has 269 valence electrons. The number of rotatable bonds is 6. The summed E-state index contributed by atoms with van der Waals surface area (Å²) >= 11 is 0. The van der Waals surface area contributed by atoms with Gasteiger partial charge in [0.2, 0.25) is 0 Å². The van der Waals surface area contributed by atoms with E-state index in [-0.39, 0.29) is 17.1 Å². The van der Waals surface area contributed by atoms with Crippen molar-refractivity contribution in [2.45, 2.75) is 30.7 Å². The van der Waals surface area contributed by atoms with Gasteiger partial charge in [0.15, 0.2) is 20.2 Å². The molecule has 0 aliphatic carbocycles. The zero-order valence-corrected chi connectivity index (χ0v) is 28.4. The smallest absolute Gasteiger partial charge is 0.741 e. The third kappa shape index (κ3) is 11.9. The van der Waals surface area contributed by atoms with E-state index in [1.807, 2.05) is 36.4 Å². The van der Waals surface area contributed by atoms with Gasteiger partial charge in [0.05, 0.1) is 33.6 Å². The van der Waals surface area contributed by atoms with E-state index in [0.717, 1.165) is 49.8 Å². The van der Waals surface area contributed by atoms with Crippen LogP contribution in [0.1, 0.15) is 17.1 Å². The first-order chi connectivity index (χ1) is 23.3. The van der Waals surface area contributed by atoms with E-state index < -0.39 is 31.3 Å². The minimum Gasteiger partial charge on any atom is -0.741 e. The zero-order chi connectivity index (χ0) is 36.7. The summed E-state index contributed by atoms with van der Waals surface area (Å²) in [6.45, 7) is 2.15. The maximum atomic E-state index is 10.7. The molecule has 51 heavy (non-hydrogen) atoms. The molecule has 0 N–H and O–H groups in total. The second-order valence-electron chi connectivity index (χ2n) is 10.4. The molecule has 1 radical (unpaired) electrons. The van der Waals surface area contributed by atoms with Crippen LogP contribution in [-0.4, -0.2) is 56.8 Å². The Balaban J connectivity index is 0.000000347. The maximum Gasteiger partial charge on any atom is 3.00 e. The van der Waals surface area contributed by atoms with Gasteiger partial charge in [-0.2, -0.15) is 26.3 Å². The van der Waals surface area contributed by atoms with Crippen LogP contribution >= 0.6 is 0 Å². The number of aromatic nitrogens is 3. The molecule has 0 bridgehead atoms. The topological polar surface area (TPSA) is 156 Å². The van der Waals surface area contributed by atoms with Crippen molar-refractivity contribution in [3.63, 3.8) is 0 Å². The van der Waals surface area contributed by atoms with Gasteiger partial charge in [-0.25, -0.2) is 16.8 Å². The second-order valence-corrected chi connectivity index (χ2v) is 13.2. The van der Waals surface area contributed by atoms with Crippen molar-refractivity contribution in [1.29, 1.82) is 0 Å². The summed E-state index contributed by atoms with van der Waals surface area (Å²) in [5, 5.41) is 3.47. The molecule has 0 saturated carbocycles. The summed E-state index contributed by atoms with van der Waals surface area (Å²) in [6.07, 6.45) is 0. The number of para-hydroxylation sites is 3. The summed E-state index contributed by atoms with van der Waals surface area (Å²) in [5.74, 6) is 0. The molecule has 0 spiro atoms. The standard InChI is InChI=1S/C30H24N4.2CHF3O3S.Fe/c1-4-10-28-22(7-1)13-16-25(31-28)19-34(20-26-17-14-23-8-2-5-11-29(23)32-26)21-27-18-15-24-9-3-6-12-30(24)33-27;2*2-1(3,4)8(5,6)7;/h1-18H,19-21H2;2*(H,5,6,7);/q;;;+3/p-2. The van der Waals surface area contributed by atoms with Crippen molar-refractivity contribution in [2.24, 2.45) is 0 Å².